The maximum Gasteiger partial charge on any atom is 0.147 e. The van der Waals surface area contributed by atoms with Crippen molar-refractivity contribution in [2.75, 3.05) is 0 Å². The molecule has 0 atom stereocenters. The quantitative estimate of drug-likeness (QED) is 0.434. The number of aliphatic imine (C=N–C) groups is 1. The van der Waals surface area contributed by atoms with E-state index in [2.05, 4.69) is 26.3 Å². The van der Waals surface area contributed by atoms with Crippen LogP contribution in [0.4, 0.5) is 0 Å². The molecule has 0 aliphatic carbocycles. The number of aromatic amines is 1. The van der Waals surface area contributed by atoms with E-state index in [1.807, 2.05) is 0 Å². The van der Waals surface area contributed by atoms with Crippen molar-refractivity contribution in [2.24, 2.45) is 10.7 Å². The average molecular weight is 147 g/mol. The monoisotopic (exact) mass is 147 g/mol. The molecule has 0 saturated heterocycles. The number of aromatic nitrogens is 3. The maximum atomic E-state index is 5.41. The van der Waals surface area contributed by atoms with Crippen molar-refractivity contribution in [1.82, 2.24) is 15.4 Å². The van der Waals surface area contributed by atoms with Gasteiger partial charge in [-0.3, -0.25) is 0 Å². The van der Waals surface area contributed by atoms with Gasteiger partial charge in [0.15, 0.2) is 0 Å². The third kappa shape index (κ3) is 0.929. The Morgan fingerprint density at radius 1 is 1.45 bits per heavy atom. The maximum absolute atomic E-state index is 5.41. The van der Waals surface area contributed by atoms with Crippen LogP contribution in [0.5, 0.6) is 0 Å². The predicted molar refractivity (Wildman–Crippen MR) is 38.9 cm³/mol. The molecular formula is C6H5N5. The number of rotatable bonds is 0. The molecular weight excluding hydrogens is 142 g/mol. The van der Waals surface area contributed by atoms with E-state index in [1.165, 1.54) is 0 Å². The fourth-order valence-corrected chi connectivity index (χ4v) is 0.757. The zero-order chi connectivity index (χ0) is 7.68. The number of H-pyrrole nitrogens is 1. The van der Waals surface area contributed by atoms with Crippen LogP contribution in [0.2, 0.25) is 0 Å². The second kappa shape index (κ2) is 2.07. The van der Waals surface area contributed by atoms with Gasteiger partial charge in [0.05, 0.1) is 0 Å². The van der Waals surface area contributed by atoms with E-state index in [1.54, 1.807) is 12.2 Å². The van der Waals surface area contributed by atoms with Gasteiger partial charge in [0.25, 0.3) is 0 Å². The first-order valence-electron chi connectivity index (χ1n) is 3.04. The van der Waals surface area contributed by atoms with Crippen molar-refractivity contribution < 1.29 is 0 Å². The number of hydrogen-bond acceptors (Lipinski definition) is 4. The first-order chi connectivity index (χ1) is 5.36. The van der Waals surface area contributed by atoms with Crippen molar-refractivity contribution >= 4 is 11.9 Å². The fraction of sp³-hybridized carbons (Fsp3) is 0. The van der Waals surface area contributed by atoms with Crippen LogP contribution in [0.15, 0.2) is 16.9 Å². The molecule has 54 valence electrons. The standard InChI is InChI=1S/C6H5N5/c7-6-2-1-4-5(3-8-6)10-11-9-4/h1-2H,7H2,(H,9,10). The summed E-state index contributed by atoms with van der Waals surface area (Å²) in [5, 5.41) is 11.3. The van der Waals surface area contributed by atoms with E-state index in [9.17, 15) is 0 Å². The van der Waals surface area contributed by atoms with Gasteiger partial charge in [0.2, 0.25) is 0 Å². The molecule has 1 aliphatic rings. The SMILES string of the molecule is NC1=CC=c2nn[nH]c2=C=N1. The van der Waals surface area contributed by atoms with E-state index < -0.39 is 0 Å². The normalized spacial score (nSPS) is 14.0. The van der Waals surface area contributed by atoms with E-state index in [-0.39, 0.29) is 0 Å². The summed E-state index contributed by atoms with van der Waals surface area (Å²) in [7, 11) is 0. The Bertz CT molecular complexity index is 446. The van der Waals surface area contributed by atoms with Crippen LogP contribution in [-0.4, -0.2) is 21.3 Å². The third-order valence-corrected chi connectivity index (χ3v) is 1.28. The van der Waals surface area contributed by atoms with E-state index in [4.69, 9.17) is 5.73 Å². The third-order valence-electron chi connectivity index (χ3n) is 1.28. The molecule has 2 rings (SSSR count). The summed E-state index contributed by atoms with van der Waals surface area (Å²) in [4.78, 5) is 3.78. The van der Waals surface area contributed by atoms with Crippen molar-refractivity contribution in [3.05, 3.63) is 22.6 Å². The molecule has 1 aromatic rings. The largest absolute Gasteiger partial charge is 0.383 e. The summed E-state index contributed by atoms with van der Waals surface area (Å²) in [5.74, 6) is 3.09. The van der Waals surface area contributed by atoms with Gasteiger partial charge in [-0.15, -0.1) is 5.10 Å². The number of nitrogens with zero attached hydrogens (tertiary/aromatic N) is 3. The zero-order valence-corrected chi connectivity index (χ0v) is 5.57. The van der Waals surface area contributed by atoms with Crippen molar-refractivity contribution in [2.45, 2.75) is 0 Å². The van der Waals surface area contributed by atoms with Gasteiger partial charge in [0.1, 0.15) is 16.5 Å². The molecule has 5 heteroatoms. The van der Waals surface area contributed by atoms with Crippen LogP contribution in [0.3, 0.4) is 0 Å². The van der Waals surface area contributed by atoms with Crippen LogP contribution in [-0.2, 0) is 0 Å². The molecule has 0 bridgehead atoms. The molecule has 0 fully saturated rings. The highest BCUT2D eigenvalue weighted by atomic mass is 15.3. The molecule has 3 N–H and O–H groups in total. The first-order valence-corrected chi connectivity index (χ1v) is 3.04. The van der Waals surface area contributed by atoms with Gasteiger partial charge < -0.3 is 5.73 Å². The Balaban J connectivity index is 2.91. The number of allylic oxidation sites excluding steroid dienone is 1. The fourth-order valence-electron chi connectivity index (χ4n) is 0.757. The summed E-state index contributed by atoms with van der Waals surface area (Å²) in [6.45, 7) is 0. The Labute approximate surface area is 61.6 Å². The van der Waals surface area contributed by atoms with Gasteiger partial charge in [-0.25, -0.2) is 5.10 Å². The lowest BCUT2D eigenvalue weighted by molar-refractivity contribution is 0.926. The van der Waals surface area contributed by atoms with Crippen molar-refractivity contribution in [3.8, 4) is 0 Å². The molecule has 2 heterocycles. The molecule has 5 nitrogen and oxygen atoms in total. The van der Waals surface area contributed by atoms with Gasteiger partial charge in [0, 0.05) is 5.87 Å². The highest BCUT2D eigenvalue weighted by Crippen LogP contribution is 1.83. The first kappa shape index (κ1) is 5.88. The lowest BCUT2D eigenvalue weighted by atomic mass is 10.5. The van der Waals surface area contributed by atoms with Crippen LogP contribution < -0.4 is 16.4 Å². The number of nitrogens with two attached hydrogens (primary N) is 1. The highest BCUT2D eigenvalue weighted by Gasteiger charge is 1.90. The molecule has 0 radical (unpaired) electrons. The second-order valence-electron chi connectivity index (χ2n) is 2.05. The topological polar surface area (TPSA) is 80.0 Å². The summed E-state index contributed by atoms with van der Waals surface area (Å²) in [5.41, 5.74) is 5.41. The minimum Gasteiger partial charge on any atom is -0.383 e. The number of nitrogens with one attached hydrogen (secondary N) is 1. The molecule has 11 heavy (non-hydrogen) atoms. The summed E-state index contributed by atoms with van der Waals surface area (Å²) in [6.07, 6.45) is 3.39. The minimum atomic E-state index is 0.413. The zero-order valence-electron chi connectivity index (χ0n) is 5.57. The summed E-state index contributed by atoms with van der Waals surface area (Å²) < 4.78 is 0. The number of hydrogen-bond donors (Lipinski definition) is 2. The Kier molecular flexibility index (Phi) is 1.11. The van der Waals surface area contributed by atoms with Crippen molar-refractivity contribution in [1.29, 1.82) is 0 Å². The van der Waals surface area contributed by atoms with Gasteiger partial charge >= 0.3 is 0 Å². The average Bonchev–Trinajstić information content (AvgIpc) is 2.38. The van der Waals surface area contributed by atoms with Crippen LogP contribution in [0.25, 0.3) is 6.08 Å². The van der Waals surface area contributed by atoms with Gasteiger partial charge in [-0.05, 0) is 12.2 Å². The van der Waals surface area contributed by atoms with Gasteiger partial charge in [-0.1, -0.05) is 5.21 Å². The Hall–Kier alpha value is -1.87. The molecule has 0 saturated carbocycles. The summed E-state index contributed by atoms with van der Waals surface area (Å²) in [6, 6.07) is 0. The molecule has 0 spiro atoms. The van der Waals surface area contributed by atoms with E-state index >= 15 is 0 Å². The lowest BCUT2D eigenvalue weighted by Gasteiger charge is -1.80. The Morgan fingerprint density at radius 2 is 2.36 bits per heavy atom. The van der Waals surface area contributed by atoms with Crippen molar-refractivity contribution in [3.63, 3.8) is 0 Å². The summed E-state index contributed by atoms with van der Waals surface area (Å²) >= 11 is 0. The van der Waals surface area contributed by atoms with Crippen LogP contribution in [0, 0.1) is 0 Å². The smallest absolute Gasteiger partial charge is 0.147 e. The number of fused-ring (bicyclic) bond motifs is 1. The second-order valence-corrected chi connectivity index (χ2v) is 2.05. The van der Waals surface area contributed by atoms with Crippen LogP contribution in [0.1, 0.15) is 0 Å². The highest BCUT2D eigenvalue weighted by molar-refractivity contribution is 5.55. The molecule has 0 unspecified atom stereocenters. The van der Waals surface area contributed by atoms with Gasteiger partial charge in [-0.2, -0.15) is 4.99 Å². The molecule has 0 amide bonds. The lowest BCUT2D eigenvalue weighted by Crippen LogP contribution is -2.24. The van der Waals surface area contributed by atoms with Crippen LogP contribution >= 0.6 is 0 Å². The Morgan fingerprint density at radius 3 is 3.27 bits per heavy atom. The van der Waals surface area contributed by atoms with E-state index in [0.29, 0.717) is 16.5 Å². The molecule has 1 aliphatic heterocycles. The molecule has 0 aromatic carbocycles. The minimum absolute atomic E-state index is 0.413. The van der Waals surface area contributed by atoms with E-state index in [0.717, 1.165) is 0 Å². The molecule has 1 aromatic heterocycles. The predicted octanol–water partition coefficient (Wildman–Crippen LogP) is -2.26.